The van der Waals surface area contributed by atoms with Crippen LogP contribution < -0.4 is 10.1 Å². The number of hydrogen-bond acceptors (Lipinski definition) is 3. The molecule has 1 aromatic rings. The van der Waals surface area contributed by atoms with Crippen molar-refractivity contribution in [3.63, 3.8) is 0 Å². The van der Waals surface area contributed by atoms with Crippen molar-refractivity contribution in [1.29, 1.82) is 0 Å². The number of hydrogen-bond donors (Lipinski definition) is 1. The van der Waals surface area contributed by atoms with Gasteiger partial charge in [-0.3, -0.25) is 0 Å². The van der Waals surface area contributed by atoms with E-state index in [1.807, 2.05) is 6.92 Å². The number of methoxy groups -OCH3 is 1. The lowest BCUT2D eigenvalue weighted by Gasteiger charge is -2.27. The van der Waals surface area contributed by atoms with Gasteiger partial charge in [0.1, 0.15) is 0 Å². The van der Waals surface area contributed by atoms with Gasteiger partial charge in [0.2, 0.25) is 0 Å². The van der Waals surface area contributed by atoms with E-state index in [1.165, 1.54) is 13.2 Å². The zero-order valence-electron chi connectivity index (χ0n) is 11.4. The highest BCUT2D eigenvalue weighted by molar-refractivity contribution is 6.31. The van der Waals surface area contributed by atoms with Crippen LogP contribution in [-0.2, 0) is 6.42 Å². The molecule has 0 radical (unpaired) electrons. The van der Waals surface area contributed by atoms with Crippen molar-refractivity contribution in [3.8, 4) is 5.75 Å². The van der Waals surface area contributed by atoms with Crippen LogP contribution in [0.1, 0.15) is 11.1 Å². The molecule has 106 valence electrons. The largest absolute Gasteiger partial charge is 0.493 e. The summed E-state index contributed by atoms with van der Waals surface area (Å²) < 4.78 is 19.0. The van der Waals surface area contributed by atoms with Gasteiger partial charge in [-0.05, 0) is 25.0 Å². The maximum atomic E-state index is 13.8. The van der Waals surface area contributed by atoms with E-state index in [0.717, 1.165) is 50.3 Å². The van der Waals surface area contributed by atoms with E-state index in [4.69, 9.17) is 16.3 Å². The van der Waals surface area contributed by atoms with Gasteiger partial charge in [0.05, 0.1) is 7.11 Å². The standard InChI is InChI=1S/C14H20ClFN2O/c1-10-11(3-6-18-7-4-17-5-8-18)14(19-2)13(16)9-12(10)15/h9,17H,3-8H2,1-2H3. The van der Waals surface area contributed by atoms with Crippen LogP contribution in [0.2, 0.25) is 5.02 Å². The van der Waals surface area contributed by atoms with Crippen LogP contribution in [0.5, 0.6) is 5.75 Å². The molecule has 1 saturated heterocycles. The van der Waals surface area contributed by atoms with Crippen LogP contribution in [0.15, 0.2) is 6.07 Å². The summed E-state index contributed by atoms with van der Waals surface area (Å²) in [5.41, 5.74) is 1.79. The fourth-order valence-electron chi connectivity index (χ4n) is 2.47. The summed E-state index contributed by atoms with van der Waals surface area (Å²) in [7, 11) is 1.50. The van der Waals surface area contributed by atoms with Gasteiger partial charge in [0.15, 0.2) is 11.6 Å². The third kappa shape index (κ3) is 3.38. The molecule has 1 heterocycles. The topological polar surface area (TPSA) is 24.5 Å². The van der Waals surface area contributed by atoms with E-state index in [-0.39, 0.29) is 5.82 Å². The molecule has 0 spiro atoms. The summed E-state index contributed by atoms with van der Waals surface area (Å²) in [6, 6.07) is 1.32. The molecule has 3 nitrogen and oxygen atoms in total. The zero-order valence-corrected chi connectivity index (χ0v) is 12.2. The van der Waals surface area contributed by atoms with Crippen LogP contribution in [0.3, 0.4) is 0 Å². The first kappa shape index (κ1) is 14.6. The molecular formula is C14H20ClFN2O. The Hall–Kier alpha value is -0.840. The van der Waals surface area contributed by atoms with Crippen molar-refractivity contribution >= 4 is 11.6 Å². The molecule has 5 heteroatoms. The molecule has 0 atom stereocenters. The lowest BCUT2D eigenvalue weighted by Crippen LogP contribution is -2.44. The van der Waals surface area contributed by atoms with Crippen molar-refractivity contribution in [1.82, 2.24) is 10.2 Å². The number of nitrogens with zero attached hydrogens (tertiary/aromatic N) is 1. The fraction of sp³-hybridized carbons (Fsp3) is 0.571. The second kappa shape index (κ2) is 6.55. The summed E-state index contributed by atoms with van der Waals surface area (Å²) in [5.74, 6) is -0.0505. The Morgan fingerprint density at radius 3 is 2.74 bits per heavy atom. The Kier molecular flexibility index (Phi) is 5.02. The molecule has 1 aromatic carbocycles. The lowest BCUT2D eigenvalue weighted by atomic mass is 10.0. The number of ether oxygens (including phenoxy) is 1. The predicted molar refractivity (Wildman–Crippen MR) is 75.7 cm³/mol. The average Bonchev–Trinajstić information content (AvgIpc) is 2.42. The highest BCUT2D eigenvalue weighted by Gasteiger charge is 2.17. The Balaban J connectivity index is 2.13. The van der Waals surface area contributed by atoms with E-state index in [0.29, 0.717) is 10.8 Å². The van der Waals surface area contributed by atoms with Crippen LogP contribution in [-0.4, -0.2) is 44.7 Å². The van der Waals surface area contributed by atoms with E-state index in [1.54, 1.807) is 0 Å². The normalized spacial score (nSPS) is 16.6. The van der Waals surface area contributed by atoms with E-state index in [2.05, 4.69) is 10.2 Å². The summed E-state index contributed by atoms with van der Waals surface area (Å²) in [5, 5.41) is 3.78. The smallest absolute Gasteiger partial charge is 0.166 e. The quantitative estimate of drug-likeness (QED) is 0.919. The minimum absolute atomic E-state index is 0.331. The maximum absolute atomic E-state index is 13.8. The van der Waals surface area contributed by atoms with Gasteiger partial charge in [0, 0.05) is 43.3 Å². The van der Waals surface area contributed by atoms with Gasteiger partial charge in [-0.15, -0.1) is 0 Å². The predicted octanol–water partition coefficient (Wildman–Crippen LogP) is 2.24. The van der Waals surface area contributed by atoms with E-state index < -0.39 is 0 Å². The molecule has 19 heavy (non-hydrogen) atoms. The maximum Gasteiger partial charge on any atom is 0.166 e. The van der Waals surface area contributed by atoms with Gasteiger partial charge in [-0.1, -0.05) is 11.6 Å². The third-order valence-electron chi connectivity index (χ3n) is 3.65. The Labute approximate surface area is 118 Å². The Bertz CT molecular complexity index is 448. The summed E-state index contributed by atoms with van der Waals surface area (Å²) in [6.07, 6.45) is 0.756. The molecule has 1 aliphatic heterocycles. The monoisotopic (exact) mass is 286 g/mol. The van der Waals surface area contributed by atoms with Crippen molar-refractivity contribution in [2.75, 3.05) is 39.8 Å². The number of halogens is 2. The molecule has 0 saturated carbocycles. The number of nitrogens with one attached hydrogen (secondary N) is 1. The number of benzene rings is 1. The first-order chi connectivity index (χ1) is 9.13. The van der Waals surface area contributed by atoms with Gasteiger partial charge in [-0.2, -0.15) is 0 Å². The van der Waals surface area contributed by atoms with Gasteiger partial charge in [-0.25, -0.2) is 4.39 Å². The van der Waals surface area contributed by atoms with Crippen molar-refractivity contribution in [3.05, 3.63) is 28.0 Å². The summed E-state index contributed by atoms with van der Waals surface area (Å²) in [4.78, 5) is 2.37. The van der Waals surface area contributed by atoms with Crippen molar-refractivity contribution < 1.29 is 9.13 Å². The lowest BCUT2D eigenvalue weighted by molar-refractivity contribution is 0.242. The van der Waals surface area contributed by atoms with Gasteiger partial charge < -0.3 is 15.0 Å². The van der Waals surface area contributed by atoms with Crippen LogP contribution in [0.25, 0.3) is 0 Å². The second-order valence-corrected chi connectivity index (χ2v) is 5.23. The van der Waals surface area contributed by atoms with Crippen LogP contribution in [0.4, 0.5) is 4.39 Å². The minimum Gasteiger partial charge on any atom is -0.493 e. The highest BCUT2D eigenvalue weighted by Crippen LogP contribution is 2.31. The number of piperazine rings is 1. The fourth-order valence-corrected chi connectivity index (χ4v) is 2.68. The summed E-state index contributed by atoms with van der Waals surface area (Å²) >= 11 is 6.05. The summed E-state index contributed by atoms with van der Waals surface area (Å²) in [6.45, 7) is 6.91. The first-order valence-electron chi connectivity index (χ1n) is 6.58. The molecule has 0 aromatic heterocycles. The first-order valence-corrected chi connectivity index (χ1v) is 6.95. The molecule has 1 N–H and O–H groups in total. The zero-order chi connectivity index (χ0) is 13.8. The van der Waals surface area contributed by atoms with E-state index >= 15 is 0 Å². The Morgan fingerprint density at radius 1 is 1.42 bits per heavy atom. The molecule has 1 aliphatic rings. The van der Waals surface area contributed by atoms with Crippen LogP contribution in [0, 0.1) is 12.7 Å². The van der Waals surface area contributed by atoms with Gasteiger partial charge >= 0.3 is 0 Å². The third-order valence-corrected chi connectivity index (χ3v) is 4.04. The van der Waals surface area contributed by atoms with Gasteiger partial charge in [0.25, 0.3) is 0 Å². The van der Waals surface area contributed by atoms with Crippen molar-refractivity contribution in [2.45, 2.75) is 13.3 Å². The van der Waals surface area contributed by atoms with Crippen LogP contribution >= 0.6 is 11.6 Å². The Morgan fingerprint density at radius 2 is 2.11 bits per heavy atom. The average molecular weight is 287 g/mol. The molecule has 0 aliphatic carbocycles. The molecule has 0 amide bonds. The molecule has 2 rings (SSSR count). The highest BCUT2D eigenvalue weighted by atomic mass is 35.5. The molecule has 0 bridgehead atoms. The second-order valence-electron chi connectivity index (χ2n) is 4.82. The molecule has 1 fully saturated rings. The minimum atomic E-state index is -0.381. The number of rotatable bonds is 4. The molecular weight excluding hydrogens is 267 g/mol. The van der Waals surface area contributed by atoms with E-state index in [9.17, 15) is 4.39 Å². The molecule has 0 unspecified atom stereocenters. The van der Waals surface area contributed by atoms with Crippen molar-refractivity contribution in [2.24, 2.45) is 0 Å². The SMILES string of the molecule is COc1c(F)cc(Cl)c(C)c1CCN1CCNCC1.